The van der Waals surface area contributed by atoms with Crippen molar-refractivity contribution in [3.63, 3.8) is 0 Å². The van der Waals surface area contributed by atoms with Crippen LogP contribution in [0, 0.1) is 6.92 Å². The van der Waals surface area contributed by atoms with E-state index in [-0.39, 0.29) is 24.1 Å². The van der Waals surface area contributed by atoms with E-state index in [4.69, 9.17) is 11.6 Å². The first-order chi connectivity index (χ1) is 9.40. The van der Waals surface area contributed by atoms with Crippen molar-refractivity contribution in [3.8, 4) is 0 Å². The van der Waals surface area contributed by atoms with E-state index in [0.717, 1.165) is 5.69 Å². The average molecular weight is 324 g/mol. The van der Waals surface area contributed by atoms with Crippen LogP contribution in [-0.2, 0) is 13.0 Å². The second kappa shape index (κ2) is 6.22. The molecule has 0 spiro atoms. The second-order valence-electron chi connectivity index (χ2n) is 4.21. The van der Waals surface area contributed by atoms with E-state index >= 15 is 0 Å². The second-order valence-corrected chi connectivity index (χ2v) is 5.75. The van der Waals surface area contributed by atoms with Gasteiger partial charge in [0.05, 0.1) is 0 Å². The lowest BCUT2D eigenvalue weighted by Gasteiger charge is -2.09. The molecule has 0 radical (unpaired) electrons. The normalized spacial score (nSPS) is 12.2. The van der Waals surface area contributed by atoms with Gasteiger partial charge < -0.3 is 4.57 Å². The number of hydrogen-bond acceptors (Lipinski definition) is 3. The van der Waals surface area contributed by atoms with Gasteiger partial charge in [0.2, 0.25) is 0 Å². The maximum Gasteiger partial charge on any atom is 0.441 e. The first-order valence-electron chi connectivity index (χ1n) is 6.00. The van der Waals surface area contributed by atoms with Gasteiger partial charge in [0.15, 0.2) is 5.65 Å². The zero-order valence-corrected chi connectivity index (χ0v) is 12.3. The Labute approximate surface area is 123 Å². The Balaban J connectivity index is 2.28. The van der Waals surface area contributed by atoms with Gasteiger partial charge in [0.25, 0.3) is 0 Å². The van der Waals surface area contributed by atoms with Crippen molar-refractivity contribution in [1.29, 1.82) is 0 Å². The number of aryl methyl sites for hydroxylation is 3. The van der Waals surface area contributed by atoms with E-state index in [9.17, 15) is 13.2 Å². The van der Waals surface area contributed by atoms with Crippen molar-refractivity contribution < 1.29 is 13.2 Å². The molecule has 0 aliphatic heterocycles. The molecule has 0 aliphatic rings. The highest BCUT2D eigenvalue weighted by Gasteiger charge is 2.27. The van der Waals surface area contributed by atoms with Gasteiger partial charge in [0.1, 0.15) is 11.3 Å². The molecular weight excluding hydrogens is 311 g/mol. The van der Waals surface area contributed by atoms with Gasteiger partial charge in [-0.25, -0.2) is 9.97 Å². The molecule has 0 bridgehead atoms. The summed E-state index contributed by atoms with van der Waals surface area (Å²) in [7, 11) is 0. The van der Waals surface area contributed by atoms with Crippen LogP contribution in [0.3, 0.4) is 0 Å². The molecule has 0 aromatic carbocycles. The third kappa shape index (κ3) is 3.79. The first-order valence-corrected chi connectivity index (χ1v) is 7.52. The van der Waals surface area contributed by atoms with Crippen LogP contribution < -0.4 is 0 Å². The highest BCUT2D eigenvalue weighted by molar-refractivity contribution is 8.00. The van der Waals surface area contributed by atoms with E-state index in [0.29, 0.717) is 29.3 Å². The van der Waals surface area contributed by atoms with E-state index in [1.807, 2.05) is 19.1 Å². The summed E-state index contributed by atoms with van der Waals surface area (Å²) in [5.74, 6) is 0.977. The fraction of sp³-hybridized carbons (Fsp3) is 0.500. The molecule has 2 aromatic rings. The van der Waals surface area contributed by atoms with Crippen LogP contribution in [0.1, 0.15) is 11.5 Å². The molecule has 0 amide bonds. The van der Waals surface area contributed by atoms with Gasteiger partial charge in [-0.05, 0) is 30.8 Å². The maximum atomic E-state index is 12.2. The van der Waals surface area contributed by atoms with Crippen LogP contribution >= 0.6 is 23.4 Å². The topological polar surface area (TPSA) is 30.7 Å². The van der Waals surface area contributed by atoms with Crippen molar-refractivity contribution >= 4 is 34.5 Å². The fourth-order valence-electron chi connectivity index (χ4n) is 1.91. The molecule has 0 fully saturated rings. The van der Waals surface area contributed by atoms with Crippen LogP contribution in [0.15, 0.2) is 12.1 Å². The van der Waals surface area contributed by atoms with Gasteiger partial charge >= 0.3 is 5.51 Å². The summed E-state index contributed by atoms with van der Waals surface area (Å²) in [6, 6.07) is 3.65. The summed E-state index contributed by atoms with van der Waals surface area (Å²) < 4.78 is 38.4. The number of aromatic nitrogens is 3. The standard InChI is InChI=1S/C12H13ClF3N3S/c1-8-2-3-9-11(17-8)19(10(18-9)4-5-13)6-7-20-12(14,15)16/h2-3H,4-7H2,1H3. The van der Waals surface area contributed by atoms with E-state index in [1.165, 1.54) is 0 Å². The van der Waals surface area contributed by atoms with Gasteiger partial charge in [0, 0.05) is 30.3 Å². The van der Waals surface area contributed by atoms with Crippen molar-refractivity contribution in [2.45, 2.75) is 25.4 Å². The lowest BCUT2D eigenvalue weighted by molar-refractivity contribution is -0.0328. The number of halogens is 4. The summed E-state index contributed by atoms with van der Waals surface area (Å²) in [5, 5.41) is 0. The highest BCUT2D eigenvalue weighted by Crippen LogP contribution is 2.30. The molecule has 0 saturated carbocycles. The van der Waals surface area contributed by atoms with Crippen LogP contribution in [-0.4, -0.2) is 31.7 Å². The number of nitrogens with zero attached hydrogens (tertiary/aromatic N) is 3. The molecule has 3 nitrogen and oxygen atoms in total. The Kier molecular flexibility index (Phi) is 4.80. The van der Waals surface area contributed by atoms with Crippen molar-refractivity contribution in [2.75, 3.05) is 11.6 Å². The van der Waals surface area contributed by atoms with Crippen LogP contribution in [0.5, 0.6) is 0 Å². The van der Waals surface area contributed by atoms with Crippen molar-refractivity contribution in [3.05, 3.63) is 23.7 Å². The zero-order chi connectivity index (χ0) is 14.8. The number of alkyl halides is 4. The quantitative estimate of drug-likeness (QED) is 0.785. The van der Waals surface area contributed by atoms with Crippen molar-refractivity contribution in [2.24, 2.45) is 0 Å². The molecule has 2 rings (SSSR count). The molecule has 0 saturated heterocycles. The molecule has 0 aliphatic carbocycles. The zero-order valence-electron chi connectivity index (χ0n) is 10.7. The maximum absolute atomic E-state index is 12.2. The first kappa shape index (κ1) is 15.4. The number of fused-ring (bicyclic) bond motifs is 1. The monoisotopic (exact) mass is 323 g/mol. The molecule has 0 unspecified atom stereocenters. The van der Waals surface area contributed by atoms with Crippen LogP contribution in [0.4, 0.5) is 13.2 Å². The van der Waals surface area contributed by atoms with Crippen molar-refractivity contribution in [1.82, 2.24) is 14.5 Å². The minimum absolute atomic E-state index is 0.0380. The number of imidazole rings is 1. The molecule has 8 heteroatoms. The number of thioether (sulfide) groups is 1. The highest BCUT2D eigenvalue weighted by atomic mass is 35.5. The molecule has 0 N–H and O–H groups in total. The number of pyridine rings is 1. The summed E-state index contributed by atoms with van der Waals surface area (Å²) in [4.78, 5) is 8.74. The van der Waals surface area contributed by atoms with Crippen LogP contribution in [0.25, 0.3) is 11.2 Å². The molecule has 2 heterocycles. The molecular formula is C12H13ClF3N3S. The Bertz CT molecular complexity index is 597. The molecule has 20 heavy (non-hydrogen) atoms. The van der Waals surface area contributed by atoms with Gasteiger partial charge in [-0.15, -0.1) is 11.6 Å². The minimum Gasteiger partial charge on any atom is -0.312 e. The Morgan fingerprint density at radius 3 is 2.70 bits per heavy atom. The Morgan fingerprint density at radius 2 is 2.05 bits per heavy atom. The summed E-state index contributed by atoms with van der Waals surface area (Å²) in [6.45, 7) is 2.05. The van der Waals surface area contributed by atoms with Crippen LogP contribution in [0.2, 0.25) is 0 Å². The van der Waals surface area contributed by atoms with Gasteiger partial charge in [-0.1, -0.05) is 0 Å². The van der Waals surface area contributed by atoms with E-state index in [2.05, 4.69) is 9.97 Å². The smallest absolute Gasteiger partial charge is 0.312 e. The minimum atomic E-state index is -4.22. The van der Waals surface area contributed by atoms with Gasteiger partial charge in [-0.3, -0.25) is 0 Å². The summed E-state index contributed by atoms with van der Waals surface area (Å²) in [5.41, 5.74) is -2.10. The predicted octanol–water partition coefficient (Wildman–Crippen LogP) is 3.77. The Morgan fingerprint density at radius 1 is 1.30 bits per heavy atom. The largest absolute Gasteiger partial charge is 0.441 e. The third-order valence-electron chi connectivity index (χ3n) is 2.71. The van der Waals surface area contributed by atoms with E-state index in [1.54, 1.807) is 4.57 Å². The lowest BCUT2D eigenvalue weighted by Crippen LogP contribution is -2.10. The molecule has 0 atom stereocenters. The third-order valence-corrected chi connectivity index (χ3v) is 3.61. The summed E-state index contributed by atoms with van der Waals surface area (Å²) in [6.07, 6.45) is 0.508. The summed E-state index contributed by atoms with van der Waals surface area (Å²) >= 11 is 5.68. The SMILES string of the molecule is Cc1ccc2nc(CCCl)n(CCSC(F)(F)F)c2n1. The average Bonchev–Trinajstić information content (AvgIpc) is 2.66. The van der Waals surface area contributed by atoms with Gasteiger partial charge in [-0.2, -0.15) is 13.2 Å². The fourth-order valence-corrected chi connectivity index (χ4v) is 2.58. The number of hydrogen-bond donors (Lipinski definition) is 0. The molecule has 2 aromatic heterocycles. The lowest BCUT2D eigenvalue weighted by atomic mass is 10.3. The van der Waals surface area contributed by atoms with E-state index < -0.39 is 5.51 Å². The molecule has 110 valence electrons. The number of rotatable bonds is 5. The Hall–Kier alpha value is -0.950. The predicted molar refractivity (Wildman–Crippen MR) is 75.2 cm³/mol.